The monoisotopic (exact) mass is 211 g/mol. The van der Waals surface area contributed by atoms with E-state index in [1.165, 1.54) is 24.1 Å². The molecule has 0 aliphatic heterocycles. The summed E-state index contributed by atoms with van der Waals surface area (Å²) in [5.74, 6) is 0.588. The van der Waals surface area contributed by atoms with Gasteiger partial charge >= 0.3 is 0 Å². The van der Waals surface area contributed by atoms with E-state index in [-0.39, 0.29) is 0 Å². The fourth-order valence-electron chi connectivity index (χ4n) is 1.48. The van der Waals surface area contributed by atoms with Gasteiger partial charge in [-0.2, -0.15) is 0 Å². The van der Waals surface area contributed by atoms with Crippen LogP contribution in [0.4, 0.5) is 5.69 Å². The fourth-order valence-corrected chi connectivity index (χ4v) is 1.66. The maximum absolute atomic E-state index is 5.71. The molecular formula is C12H18ClN. The zero-order valence-electron chi connectivity index (χ0n) is 8.89. The van der Waals surface area contributed by atoms with Crippen LogP contribution in [0.1, 0.15) is 32.3 Å². The summed E-state index contributed by atoms with van der Waals surface area (Å²) in [4.78, 5) is 0. The van der Waals surface area contributed by atoms with E-state index in [0.29, 0.717) is 11.9 Å². The highest BCUT2D eigenvalue weighted by Gasteiger charge is 1.99. The van der Waals surface area contributed by atoms with Gasteiger partial charge in [-0.15, -0.1) is 11.6 Å². The highest BCUT2D eigenvalue weighted by molar-refractivity contribution is 6.17. The van der Waals surface area contributed by atoms with E-state index < -0.39 is 0 Å². The first kappa shape index (κ1) is 11.4. The number of hydrogen-bond acceptors (Lipinski definition) is 1. The lowest BCUT2D eigenvalue weighted by Crippen LogP contribution is -2.14. The van der Waals surface area contributed by atoms with Crippen molar-refractivity contribution in [1.29, 1.82) is 0 Å². The van der Waals surface area contributed by atoms with Gasteiger partial charge in [0.25, 0.3) is 0 Å². The van der Waals surface area contributed by atoms with Crippen LogP contribution in [-0.2, 0) is 5.88 Å². The number of benzene rings is 1. The molecule has 0 aromatic heterocycles. The van der Waals surface area contributed by atoms with Crippen LogP contribution in [0, 0.1) is 0 Å². The first-order valence-electron chi connectivity index (χ1n) is 5.17. The quantitative estimate of drug-likeness (QED) is 0.726. The first-order chi connectivity index (χ1) is 6.76. The van der Waals surface area contributed by atoms with Gasteiger partial charge in [-0.1, -0.05) is 25.5 Å². The molecule has 1 N–H and O–H groups in total. The number of hydrogen-bond donors (Lipinski definition) is 1. The molecule has 78 valence electrons. The lowest BCUT2D eigenvalue weighted by Gasteiger charge is -2.14. The van der Waals surface area contributed by atoms with Gasteiger partial charge in [0.2, 0.25) is 0 Å². The Labute approximate surface area is 91.5 Å². The molecule has 0 saturated carbocycles. The zero-order chi connectivity index (χ0) is 10.4. The number of halogens is 1. The van der Waals surface area contributed by atoms with E-state index in [2.05, 4.69) is 43.4 Å². The molecule has 1 aromatic carbocycles. The second kappa shape index (κ2) is 5.92. The van der Waals surface area contributed by atoms with E-state index in [1.807, 2.05) is 0 Å². The Morgan fingerprint density at radius 1 is 1.29 bits per heavy atom. The second-order valence-corrected chi connectivity index (χ2v) is 3.93. The molecule has 14 heavy (non-hydrogen) atoms. The summed E-state index contributed by atoms with van der Waals surface area (Å²) in [6, 6.07) is 8.84. The summed E-state index contributed by atoms with van der Waals surface area (Å²) in [7, 11) is 0. The molecule has 1 unspecified atom stereocenters. The molecule has 0 bridgehead atoms. The van der Waals surface area contributed by atoms with Crippen LogP contribution in [0.15, 0.2) is 24.3 Å². The average Bonchev–Trinajstić information content (AvgIpc) is 2.19. The van der Waals surface area contributed by atoms with Gasteiger partial charge in [0.15, 0.2) is 0 Å². The van der Waals surface area contributed by atoms with Gasteiger partial charge in [0.05, 0.1) is 0 Å². The minimum Gasteiger partial charge on any atom is -0.383 e. The topological polar surface area (TPSA) is 12.0 Å². The van der Waals surface area contributed by atoms with Crippen LogP contribution in [0.25, 0.3) is 0 Å². The smallest absolute Gasteiger partial charge is 0.0474 e. The van der Waals surface area contributed by atoms with Crippen molar-refractivity contribution in [3.8, 4) is 0 Å². The largest absolute Gasteiger partial charge is 0.383 e. The van der Waals surface area contributed by atoms with Crippen LogP contribution in [0.2, 0.25) is 0 Å². The summed E-state index contributed by atoms with van der Waals surface area (Å²) in [6.45, 7) is 4.41. The molecule has 0 aliphatic carbocycles. The van der Waals surface area contributed by atoms with E-state index in [4.69, 9.17) is 11.6 Å². The lowest BCUT2D eigenvalue weighted by molar-refractivity contribution is 0.690. The van der Waals surface area contributed by atoms with E-state index in [1.54, 1.807) is 0 Å². The van der Waals surface area contributed by atoms with Gasteiger partial charge in [-0.3, -0.25) is 0 Å². The van der Waals surface area contributed by atoms with Crippen molar-refractivity contribution in [2.45, 2.75) is 38.6 Å². The van der Waals surface area contributed by atoms with Crippen molar-refractivity contribution >= 4 is 17.3 Å². The van der Waals surface area contributed by atoms with Gasteiger partial charge in [-0.25, -0.2) is 0 Å². The Hall–Kier alpha value is -0.690. The van der Waals surface area contributed by atoms with Gasteiger partial charge in [-0.05, 0) is 31.0 Å². The van der Waals surface area contributed by atoms with Gasteiger partial charge < -0.3 is 5.32 Å². The zero-order valence-corrected chi connectivity index (χ0v) is 9.64. The van der Waals surface area contributed by atoms with Crippen molar-refractivity contribution < 1.29 is 0 Å². The Morgan fingerprint density at radius 3 is 2.43 bits per heavy atom. The van der Waals surface area contributed by atoms with Crippen molar-refractivity contribution in [2.75, 3.05) is 5.32 Å². The molecule has 2 heteroatoms. The van der Waals surface area contributed by atoms with Gasteiger partial charge in [0, 0.05) is 17.6 Å². The third kappa shape index (κ3) is 3.59. The normalized spacial score (nSPS) is 12.5. The third-order valence-corrected chi connectivity index (χ3v) is 2.55. The van der Waals surface area contributed by atoms with Crippen molar-refractivity contribution in [2.24, 2.45) is 0 Å². The number of rotatable bonds is 5. The van der Waals surface area contributed by atoms with E-state index in [0.717, 1.165) is 0 Å². The molecule has 1 rings (SSSR count). The molecule has 0 radical (unpaired) electrons. The molecular weight excluding hydrogens is 194 g/mol. The second-order valence-electron chi connectivity index (χ2n) is 3.66. The molecule has 0 spiro atoms. The molecule has 0 aliphatic rings. The highest BCUT2D eigenvalue weighted by atomic mass is 35.5. The SMILES string of the molecule is CCCC(C)Nc1ccc(CCl)cc1. The fraction of sp³-hybridized carbons (Fsp3) is 0.500. The van der Waals surface area contributed by atoms with Crippen LogP contribution in [0.3, 0.4) is 0 Å². The summed E-state index contributed by atoms with van der Waals surface area (Å²) in [5.41, 5.74) is 2.35. The maximum Gasteiger partial charge on any atom is 0.0474 e. The minimum atomic E-state index is 0.543. The molecule has 0 saturated heterocycles. The van der Waals surface area contributed by atoms with Gasteiger partial charge in [0.1, 0.15) is 0 Å². The molecule has 0 amide bonds. The van der Waals surface area contributed by atoms with Crippen LogP contribution in [-0.4, -0.2) is 6.04 Å². The van der Waals surface area contributed by atoms with Crippen LogP contribution in [0.5, 0.6) is 0 Å². The molecule has 1 aromatic rings. The van der Waals surface area contributed by atoms with Crippen molar-refractivity contribution in [1.82, 2.24) is 0 Å². The lowest BCUT2D eigenvalue weighted by atomic mass is 10.1. The molecule has 1 nitrogen and oxygen atoms in total. The first-order valence-corrected chi connectivity index (χ1v) is 5.71. The van der Waals surface area contributed by atoms with Crippen LogP contribution < -0.4 is 5.32 Å². The summed E-state index contributed by atoms with van der Waals surface area (Å²) >= 11 is 5.71. The Morgan fingerprint density at radius 2 is 1.93 bits per heavy atom. The molecule has 1 atom stereocenters. The summed E-state index contributed by atoms with van der Waals surface area (Å²) in [6.07, 6.45) is 2.42. The standard InChI is InChI=1S/C12H18ClN/c1-3-4-10(2)14-12-7-5-11(9-13)6-8-12/h5-8,10,14H,3-4,9H2,1-2H3. The molecule has 0 heterocycles. The van der Waals surface area contributed by atoms with Crippen molar-refractivity contribution in [3.05, 3.63) is 29.8 Å². The van der Waals surface area contributed by atoms with Crippen molar-refractivity contribution in [3.63, 3.8) is 0 Å². The summed E-state index contributed by atoms with van der Waals surface area (Å²) < 4.78 is 0. The van der Waals surface area contributed by atoms with Crippen LogP contribution >= 0.6 is 11.6 Å². The predicted octanol–water partition coefficient (Wildman–Crippen LogP) is 4.03. The van der Waals surface area contributed by atoms with E-state index >= 15 is 0 Å². The number of nitrogens with one attached hydrogen (secondary N) is 1. The number of alkyl halides is 1. The Bertz CT molecular complexity index is 256. The highest BCUT2D eigenvalue weighted by Crippen LogP contribution is 2.13. The minimum absolute atomic E-state index is 0.543. The molecule has 0 fully saturated rings. The number of anilines is 1. The summed E-state index contributed by atoms with van der Waals surface area (Å²) in [5, 5.41) is 3.45. The Kier molecular flexibility index (Phi) is 4.81. The average molecular weight is 212 g/mol. The van der Waals surface area contributed by atoms with E-state index in [9.17, 15) is 0 Å². The maximum atomic E-state index is 5.71. The Balaban J connectivity index is 2.50. The third-order valence-electron chi connectivity index (χ3n) is 2.24. The predicted molar refractivity (Wildman–Crippen MR) is 64.0 cm³/mol.